The van der Waals surface area contributed by atoms with E-state index in [9.17, 15) is 9.59 Å². The van der Waals surface area contributed by atoms with E-state index in [0.29, 0.717) is 25.9 Å². The number of benzene rings is 2. The second-order valence-corrected chi connectivity index (χ2v) is 8.01. The predicted molar refractivity (Wildman–Crippen MR) is 113 cm³/mol. The lowest BCUT2D eigenvalue weighted by Gasteiger charge is -2.41. The molecule has 0 saturated carbocycles. The fourth-order valence-corrected chi connectivity index (χ4v) is 4.20. The second-order valence-electron chi connectivity index (χ2n) is 8.01. The molecule has 0 radical (unpaired) electrons. The largest absolute Gasteiger partial charge is 0.369 e. The number of likely N-dealkylation sites (tertiary alicyclic amines) is 1. The zero-order valence-electron chi connectivity index (χ0n) is 16.9. The van der Waals surface area contributed by atoms with Gasteiger partial charge >= 0.3 is 0 Å². The SMILES string of the molecule is CCCC(=O)N1CCCC(Cc2ccccc2-c2ccc(C)cc2)(C(N)=O)C1. The second kappa shape index (κ2) is 8.59. The molecule has 148 valence electrons. The van der Waals surface area contributed by atoms with Crippen LogP contribution in [-0.2, 0) is 16.0 Å². The molecule has 4 heteroatoms. The average molecular weight is 379 g/mol. The summed E-state index contributed by atoms with van der Waals surface area (Å²) in [5, 5.41) is 0. The molecule has 2 aromatic carbocycles. The predicted octanol–water partition coefficient (Wildman–Crippen LogP) is 4.10. The third-order valence-corrected chi connectivity index (χ3v) is 5.82. The van der Waals surface area contributed by atoms with Crippen LogP contribution in [0.5, 0.6) is 0 Å². The van der Waals surface area contributed by atoms with Gasteiger partial charge in [0.15, 0.2) is 0 Å². The van der Waals surface area contributed by atoms with E-state index in [-0.39, 0.29) is 11.8 Å². The van der Waals surface area contributed by atoms with E-state index in [2.05, 4.69) is 43.3 Å². The number of carbonyl (C=O) groups is 2. The number of piperidine rings is 1. The van der Waals surface area contributed by atoms with Gasteiger partial charge in [0.25, 0.3) is 0 Å². The molecule has 1 fully saturated rings. The number of amides is 2. The molecule has 28 heavy (non-hydrogen) atoms. The van der Waals surface area contributed by atoms with Crippen molar-refractivity contribution in [3.63, 3.8) is 0 Å². The van der Waals surface area contributed by atoms with Gasteiger partial charge in [-0.05, 0) is 49.3 Å². The third kappa shape index (κ3) is 4.27. The zero-order chi connectivity index (χ0) is 20.1. The van der Waals surface area contributed by atoms with Gasteiger partial charge in [0.05, 0.1) is 5.41 Å². The van der Waals surface area contributed by atoms with E-state index in [1.165, 1.54) is 5.56 Å². The van der Waals surface area contributed by atoms with Gasteiger partial charge in [-0.15, -0.1) is 0 Å². The van der Waals surface area contributed by atoms with Crippen LogP contribution in [0.3, 0.4) is 0 Å². The first-order chi connectivity index (χ1) is 13.4. The first kappa shape index (κ1) is 20.1. The van der Waals surface area contributed by atoms with Gasteiger partial charge in [-0.25, -0.2) is 0 Å². The van der Waals surface area contributed by atoms with E-state index in [0.717, 1.165) is 36.0 Å². The molecule has 1 saturated heterocycles. The Hall–Kier alpha value is -2.62. The van der Waals surface area contributed by atoms with Crippen molar-refractivity contribution in [2.75, 3.05) is 13.1 Å². The van der Waals surface area contributed by atoms with Crippen LogP contribution < -0.4 is 5.73 Å². The van der Waals surface area contributed by atoms with Crippen molar-refractivity contribution < 1.29 is 9.59 Å². The summed E-state index contributed by atoms with van der Waals surface area (Å²) < 4.78 is 0. The summed E-state index contributed by atoms with van der Waals surface area (Å²) in [6.45, 7) is 5.21. The maximum absolute atomic E-state index is 12.6. The van der Waals surface area contributed by atoms with E-state index in [1.54, 1.807) is 0 Å². The summed E-state index contributed by atoms with van der Waals surface area (Å²) >= 11 is 0. The molecule has 4 nitrogen and oxygen atoms in total. The lowest BCUT2D eigenvalue weighted by atomic mass is 9.73. The molecule has 0 aliphatic carbocycles. The van der Waals surface area contributed by atoms with Crippen molar-refractivity contribution in [3.05, 3.63) is 59.7 Å². The number of aryl methyl sites for hydroxylation is 1. The minimum Gasteiger partial charge on any atom is -0.369 e. The standard InChI is InChI=1S/C24H30N2O2/c1-3-7-22(27)26-15-6-14-24(17-26,23(25)28)16-20-8-4-5-9-21(20)19-12-10-18(2)11-13-19/h4-5,8-13H,3,6-7,14-17H2,1-2H3,(H2,25,28). The van der Waals surface area contributed by atoms with Crippen molar-refractivity contribution in [1.82, 2.24) is 4.90 Å². The molecule has 2 amide bonds. The molecule has 0 aromatic heterocycles. The summed E-state index contributed by atoms with van der Waals surface area (Å²) in [6.07, 6.45) is 3.43. The van der Waals surface area contributed by atoms with Crippen molar-refractivity contribution in [2.45, 2.75) is 46.0 Å². The summed E-state index contributed by atoms with van der Waals surface area (Å²) in [5.74, 6) is -0.181. The monoisotopic (exact) mass is 378 g/mol. The molecule has 2 N–H and O–H groups in total. The number of hydrogen-bond donors (Lipinski definition) is 1. The average Bonchev–Trinajstić information content (AvgIpc) is 2.69. The Morgan fingerprint density at radius 3 is 2.50 bits per heavy atom. The molecule has 1 unspecified atom stereocenters. The Labute approximate surface area is 167 Å². The quantitative estimate of drug-likeness (QED) is 0.822. The first-order valence-corrected chi connectivity index (χ1v) is 10.2. The Morgan fingerprint density at radius 1 is 1.11 bits per heavy atom. The van der Waals surface area contributed by atoms with Crippen LogP contribution in [0.15, 0.2) is 48.5 Å². The fourth-order valence-electron chi connectivity index (χ4n) is 4.20. The summed E-state index contributed by atoms with van der Waals surface area (Å²) in [5.41, 5.74) is 9.79. The van der Waals surface area contributed by atoms with E-state index < -0.39 is 5.41 Å². The van der Waals surface area contributed by atoms with Crippen LogP contribution >= 0.6 is 0 Å². The summed E-state index contributed by atoms with van der Waals surface area (Å²) in [7, 11) is 0. The molecule has 2 aromatic rings. The highest BCUT2D eigenvalue weighted by atomic mass is 16.2. The topological polar surface area (TPSA) is 63.4 Å². The summed E-state index contributed by atoms with van der Waals surface area (Å²) in [4.78, 5) is 26.9. The number of hydrogen-bond acceptors (Lipinski definition) is 2. The van der Waals surface area contributed by atoms with Gasteiger partial charge in [-0.3, -0.25) is 9.59 Å². The zero-order valence-corrected chi connectivity index (χ0v) is 16.9. The maximum Gasteiger partial charge on any atom is 0.225 e. The smallest absolute Gasteiger partial charge is 0.225 e. The highest BCUT2D eigenvalue weighted by Crippen LogP contribution is 2.37. The van der Waals surface area contributed by atoms with E-state index >= 15 is 0 Å². The van der Waals surface area contributed by atoms with Crippen molar-refractivity contribution in [1.29, 1.82) is 0 Å². The van der Waals surface area contributed by atoms with Crippen LogP contribution in [0.2, 0.25) is 0 Å². The van der Waals surface area contributed by atoms with Crippen molar-refractivity contribution in [2.24, 2.45) is 11.1 Å². The lowest BCUT2D eigenvalue weighted by Crippen LogP contribution is -2.53. The van der Waals surface area contributed by atoms with Crippen LogP contribution in [-0.4, -0.2) is 29.8 Å². The van der Waals surface area contributed by atoms with Crippen LogP contribution in [0.4, 0.5) is 0 Å². The third-order valence-electron chi connectivity index (χ3n) is 5.82. The Kier molecular flexibility index (Phi) is 6.18. The Morgan fingerprint density at radius 2 is 1.82 bits per heavy atom. The molecule has 3 rings (SSSR count). The van der Waals surface area contributed by atoms with Gasteiger partial charge in [0, 0.05) is 19.5 Å². The normalized spacial score (nSPS) is 19.4. The maximum atomic E-state index is 12.6. The van der Waals surface area contributed by atoms with Gasteiger partial charge in [-0.2, -0.15) is 0 Å². The lowest BCUT2D eigenvalue weighted by molar-refractivity contribution is -0.140. The Bertz CT molecular complexity index is 844. The molecule has 1 heterocycles. The highest BCUT2D eigenvalue weighted by Gasteiger charge is 2.42. The summed E-state index contributed by atoms with van der Waals surface area (Å²) in [6, 6.07) is 16.6. The fraction of sp³-hybridized carbons (Fsp3) is 0.417. The van der Waals surface area contributed by atoms with Gasteiger partial charge in [0.2, 0.25) is 11.8 Å². The number of primary amides is 1. The molecule has 1 aliphatic rings. The number of rotatable bonds is 6. The number of nitrogens with two attached hydrogens (primary N) is 1. The minimum atomic E-state index is -0.706. The van der Waals surface area contributed by atoms with Crippen LogP contribution in [0, 0.1) is 12.3 Å². The van der Waals surface area contributed by atoms with Crippen LogP contribution in [0.1, 0.15) is 43.7 Å². The van der Waals surface area contributed by atoms with Crippen molar-refractivity contribution in [3.8, 4) is 11.1 Å². The number of nitrogens with zero attached hydrogens (tertiary/aromatic N) is 1. The van der Waals surface area contributed by atoms with Gasteiger partial charge < -0.3 is 10.6 Å². The molecular formula is C24H30N2O2. The first-order valence-electron chi connectivity index (χ1n) is 10.2. The molecule has 1 atom stereocenters. The van der Waals surface area contributed by atoms with Crippen molar-refractivity contribution >= 4 is 11.8 Å². The van der Waals surface area contributed by atoms with E-state index in [1.807, 2.05) is 24.0 Å². The molecule has 1 aliphatic heterocycles. The molecular weight excluding hydrogens is 348 g/mol. The number of carbonyl (C=O) groups excluding carboxylic acids is 2. The Balaban J connectivity index is 1.92. The van der Waals surface area contributed by atoms with Crippen LogP contribution in [0.25, 0.3) is 11.1 Å². The van der Waals surface area contributed by atoms with Gasteiger partial charge in [0.1, 0.15) is 0 Å². The van der Waals surface area contributed by atoms with E-state index in [4.69, 9.17) is 5.73 Å². The minimum absolute atomic E-state index is 0.125. The highest BCUT2D eigenvalue weighted by molar-refractivity contribution is 5.84. The molecule has 0 spiro atoms. The van der Waals surface area contributed by atoms with Gasteiger partial charge in [-0.1, -0.05) is 61.0 Å². The molecule has 0 bridgehead atoms.